The van der Waals surface area contributed by atoms with Crippen LogP contribution in [0.15, 0.2) is 18.2 Å². The molecule has 116 valence electrons. The van der Waals surface area contributed by atoms with Crippen molar-refractivity contribution in [3.05, 3.63) is 23.8 Å². The van der Waals surface area contributed by atoms with Crippen molar-refractivity contribution >= 4 is 17.3 Å². The molecule has 4 nitrogen and oxygen atoms in total. The van der Waals surface area contributed by atoms with Crippen LogP contribution in [0, 0.1) is 5.92 Å². The molecule has 1 aliphatic carbocycles. The lowest BCUT2D eigenvalue weighted by Crippen LogP contribution is -2.23. The smallest absolute Gasteiger partial charge is 0.255 e. The van der Waals surface area contributed by atoms with E-state index in [1.807, 2.05) is 6.07 Å². The number of amides is 1. The fourth-order valence-corrected chi connectivity index (χ4v) is 3.02. The van der Waals surface area contributed by atoms with Gasteiger partial charge in [-0.25, -0.2) is 0 Å². The first-order valence-corrected chi connectivity index (χ1v) is 7.93. The van der Waals surface area contributed by atoms with E-state index in [0.717, 1.165) is 18.2 Å². The molecule has 1 amide bonds. The Morgan fingerprint density at radius 3 is 2.67 bits per heavy atom. The van der Waals surface area contributed by atoms with E-state index in [1.165, 1.54) is 38.5 Å². The highest BCUT2D eigenvalue weighted by Crippen LogP contribution is 2.27. The minimum atomic E-state index is 0.00941. The van der Waals surface area contributed by atoms with E-state index < -0.39 is 0 Å². The number of hydrogen-bond acceptors (Lipinski definition) is 3. The maximum Gasteiger partial charge on any atom is 0.255 e. The number of nitrogens with two attached hydrogens (primary N) is 1. The molecule has 0 unspecified atom stereocenters. The summed E-state index contributed by atoms with van der Waals surface area (Å²) in [6.07, 6.45) is 8.00. The number of carbonyl (C=O) groups excluding carboxylic acids is 1. The zero-order valence-electron chi connectivity index (χ0n) is 13.2. The van der Waals surface area contributed by atoms with Crippen LogP contribution in [0.2, 0.25) is 0 Å². The van der Waals surface area contributed by atoms with Crippen LogP contribution in [0.25, 0.3) is 0 Å². The standard InChI is InChI=1S/C17H27N3O/c1-20(2)17(21)15-9-8-14(18)12-16(15)19-11-10-13-6-4-3-5-7-13/h8-9,12-13,19H,3-7,10-11,18H2,1-2H3. The monoisotopic (exact) mass is 289 g/mol. The molecular formula is C17H27N3O. The van der Waals surface area contributed by atoms with Crippen molar-refractivity contribution < 1.29 is 4.79 Å². The largest absolute Gasteiger partial charge is 0.399 e. The van der Waals surface area contributed by atoms with Crippen molar-refractivity contribution in [1.82, 2.24) is 4.90 Å². The molecule has 1 aromatic rings. The van der Waals surface area contributed by atoms with Gasteiger partial charge in [-0.15, -0.1) is 0 Å². The summed E-state index contributed by atoms with van der Waals surface area (Å²) >= 11 is 0. The van der Waals surface area contributed by atoms with Gasteiger partial charge in [0.2, 0.25) is 0 Å². The lowest BCUT2D eigenvalue weighted by molar-refractivity contribution is 0.0828. The first-order valence-electron chi connectivity index (χ1n) is 7.93. The second-order valence-corrected chi connectivity index (χ2v) is 6.22. The summed E-state index contributed by atoms with van der Waals surface area (Å²) in [5, 5.41) is 3.41. The first kappa shape index (κ1) is 15.7. The van der Waals surface area contributed by atoms with E-state index in [9.17, 15) is 4.79 Å². The SMILES string of the molecule is CN(C)C(=O)c1ccc(N)cc1NCCC1CCCCC1. The van der Waals surface area contributed by atoms with Crippen LogP contribution < -0.4 is 11.1 Å². The van der Waals surface area contributed by atoms with Gasteiger partial charge in [0.25, 0.3) is 5.91 Å². The predicted molar refractivity (Wildman–Crippen MR) is 88.6 cm³/mol. The Labute approximate surface area is 127 Å². The summed E-state index contributed by atoms with van der Waals surface area (Å²) in [6, 6.07) is 5.45. The molecule has 2 rings (SSSR count). The van der Waals surface area contributed by atoms with Gasteiger partial charge >= 0.3 is 0 Å². The van der Waals surface area contributed by atoms with E-state index in [4.69, 9.17) is 5.73 Å². The van der Waals surface area contributed by atoms with Crippen LogP contribution in [-0.2, 0) is 0 Å². The molecule has 1 fully saturated rings. The van der Waals surface area contributed by atoms with Crippen molar-refractivity contribution in [2.75, 3.05) is 31.7 Å². The van der Waals surface area contributed by atoms with Crippen molar-refractivity contribution in [2.24, 2.45) is 5.92 Å². The van der Waals surface area contributed by atoms with Gasteiger partial charge in [-0.05, 0) is 30.5 Å². The summed E-state index contributed by atoms with van der Waals surface area (Å²) in [4.78, 5) is 13.8. The molecule has 1 saturated carbocycles. The Morgan fingerprint density at radius 2 is 2.00 bits per heavy atom. The highest BCUT2D eigenvalue weighted by molar-refractivity contribution is 5.99. The normalized spacial score (nSPS) is 15.7. The molecule has 3 N–H and O–H groups in total. The Kier molecular flexibility index (Phi) is 5.48. The quantitative estimate of drug-likeness (QED) is 0.817. The van der Waals surface area contributed by atoms with Gasteiger partial charge in [0.1, 0.15) is 0 Å². The van der Waals surface area contributed by atoms with Gasteiger partial charge in [0.05, 0.1) is 5.56 Å². The Hall–Kier alpha value is -1.71. The molecule has 0 radical (unpaired) electrons. The summed E-state index contributed by atoms with van der Waals surface area (Å²) < 4.78 is 0. The number of benzene rings is 1. The van der Waals surface area contributed by atoms with Crippen LogP contribution in [0.1, 0.15) is 48.9 Å². The van der Waals surface area contributed by atoms with Gasteiger partial charge < -0.3 is 16.0 Å². The van der Waals surface area contributed by atoms with Gasteiger partial charge in [0.15, 0.2) is 0 Å². The van der Waals surface area contributed by atoms with Crippen LogP contribution >= 0.6 is 0 Å². The third-order valence-corrected chi connectivity index (χ3v) is 4.27. The van der Waals surface area contributed by atoms with E-state index in [-0.39, 0.29) is 5.91 Å². The summed E-state index contributed by atoms with van der Waals surface area (Å²) in [6.45, 7) is 0.905. The van der Waals surface area contributed by atoms with Crippen molar-refractivity contribution in [3.8, 4) is 0 Å². The second-order valence-electron chi connectivity index (χ2n) is 6.22. The number of anilines is 2. The predicted octanol–water partition coefficient (Wildman–Crippen LogP) is 3.35. The van der Waals surface area contributed by atoms with E-state index in [2.05, 4.69) is 5.32 Å². The van der Waals surface area contributed by atoms with Crippen LogP contribution in [-0.4, -0.2) is 31.4 Å². The molecule has 0 atom stereocenters. The molecule has 1 aliphatic rings. The van der Waals surface area contributed by atoms with Crippen LogP contribution in [0.5, 0.6) is 0 Å². The molecular weight excluding hydrogens is 262 g/mol. The number of nitrogens with one attached hydrogen (secondary N) is 1. The second kappa shape index (κ2) is 7.34. The third kappa shape index (κ3) is 4.38. The summed E-state index contributed by atoms with van der Waals surface area (Å²) in [5.74, 6) is 0.843. The average molecular weight is 289 g/mol. The fourth-order valence-electron chi connectivity index (χ4n) is 3.02. The van der Waals surface area contributed by atoms with Gasteiger partial charge in [-0.3, -0.25) is 4.79 Å². The van der Waals surface area contributed by atoms with Gasteiger partial charge in [-0.2, -0.15) is 0 Å². The Balaban J connectivity index is 1.97. The van der Waals surface area contributed by atoms with E-state index in [1.54, 1.807) is 31.1 Å². The Morgan fingerprint density at radius 1 is 1.29 bits per heavy atom. The number of nitrogen functional groups attached to an aromatic ring is 1. The lowest BCUT2D eigenvalue weighted by Gasteiger charge is -2.22. The molecule has 0 bridgehead atoms. The maximum atomic E-state index is 12.2. The number of rotatable bonds is 5. The van der Waals surface area contributed by atoms with Crippen molar-refractivity contribution in [2.45, 2.75) is 38.5 Å². The molecule has 0 saturated heterocycles. The fraction of sp³-hybridized carbons (Fsp3) is 0.588. The number of carbonyl (C=O) groups is 1. The van der Waals surface area contributed by atoms with Gasteiger partial charge in [0, 0.05) is 32.0 Å². The maximum absolute atomic E-state index is 12.2. The van der Waals surface area contributed by atoms with Crippen LogP contribution in [0.4, 0.5) is 11.4 Å². The van der Waals surface area contributed by atoms with Crippen LogP contribution in [0.3, 0.4) is 0 Å². The lowest BCUT2D eigenvalue weighted by atomic mass is 9.87. The highest BCUT2D eigenvalue weighted by Gasteiger charge is 2.15. The molecule has 1 aromatic carbocycles. The third-order valence-electron chi connectivity index (χ3n) is 4.27. The van der Waals surface area contributed by atoms with Gasteiger partial charge in [-0.1, -0.05) is 32.1 Å². The highest BCUT2D eigenvalue weighted by atomic mass is 16.2. The first-order chi connectivity index (χ1) is 10.1. The molecule has 0 spiro atoms. The van der Waals surface area contributed by atoms with Crippen molar-refractivity contribution in [3.63, 3.8) is 0 Å². The van der Waals surface area contributed by atoms with E-state index in [0.29, 0.717) is 11.3 Å². The zero-order valence-corrected chi connectivity index (χ0v) is 13.2. The minimum Gasteiger partial charge on any atom is -0.399 e. The zero-order chi connectivity index (χ0) is 15.2. The molecule has 21 heavy (non-hydrogen) atoms. The minimum absolute atomic E-state index is 0.00941. The molecule has 4 heteroatoms. The summed E-state index contributed by atoms with van der Waals surface area (Å²) in [5.41, 5.74) is 8.08. The van der Waals surface area contributed by atoms with E-state index >= 15 is 0 Å². The molecule has 0 aliphatic heterocycles. The number of hydrogen-bond donors (Lipinski definition) is 2. The topological polar surface area (TPSA) is 58.4 Å². The Bertz CT molecular complexity index is 479. The average Bonchev–Trinajstić information content (AvgIpc) is 2.48. The number of nitrogens with zero attached hydrogens (tertiary/aromatic N) is 1. The molecule has 0 aromatic heterocycles. The summed E-state index contributed by atoms with van der Waals surface area (Å²) in [7, 11) is 3.54. The molecule has 0 heterocycles. The van der Waals surface area contributed by atoms with Crippen molar-refractivity contribution in [1.29, 1.82) is 0 Å².